The highest BCUT2D eigenvalue weighted by atomic mass is 79.9. The Kier molecular flexibility index (Phi) is 5.57. The lowest BCUT2D eigenvalue weighted by molar-refractivity contribution is -0.123. The van der Waals surface area contributed by atoms with Crippen LogP contribution in [0.5, 0.6) is 0 Å². The topological polar surface area (TPSA) is 58.4 Å². The summed E-state index contributed by atoms with van der Waals surface area (Å²) >= 11 is 3.45. The molecule has 0 spiro atoms. The third-order valence-electron chi connectivity index (χ3n) is 3.67. The van der Waals surface area contributed by atoms with Gasteiger partial charge in [-0.1, -0.05) is 28.1 Å². The third kappa shape index (κ3) is 4.58. The molecule has 2 rings (SSSR count). The lowest BCUT2D eigenvalue weighted by Crippen LogP contribution is -2.48. The van der Waals surface area contributed by atoms with E-state index in [-0.39, 0.29) is 11.9 Å². The van der Waals surface area contributed by atoms with Crippen LogP contribution in [0.2, 0.25) is 0 Å². The van der Waals surface area contributed by atoms with Gasteiger partial charge in [0.1, 0.15) is 0 Å². The van der Waals surface area contributed by atoms with Crippen molar-refractivity contribution in [3.8, 4) is 0 Å². The summed E-state index contributed by atoms with van der Waals surface area (Å²) in [5.41, 5.74) is 6.89. The van der Waals surface area contributed by atoms with E-state index >= 15 is 0 Å². The van der Waals surface area contributed by atoms with Crippen molar-refractivity contribution in [1.29, 1.82) is 0 Å². The molecule has 110 valence electrons. The monoisotopic (exact) mass is 339 g/mol. The number of hydrogen-bond donors (Lipinski definition) is 2. The van der Waals surface area contributed by atoms with Gasteiger partial charge in [-0.15, -0.1) is 0 Å². The van der Waals surface area contributed by atoms with Crippen molar-refractivity contribution < 1.29 is 4.79 Å². The second kappa shape index (κ2) is 7.20. The third-order valence-corrected chi connectivity index (χ3v) is 4.20. The number of carbonyl (C=O) groups is 1. The Morgan fingerprint density at radius 2 is 2.00 bits per heavy atom. The van der Waals surface area contributed by atoms with Gasteiger partial charge < -0.3 is 11.1 Å². The maximum Gasteiger partial charge on any atom is 0.236 e. The first kappa shape index (κ1) is 15.5. The van der Waals surface area contributed by atoms with Crippen LogP contribution >= 0.6 is 15.9 Å². The van der Waals surface area contributed by atoms with E-state index in [1.807, 2.05) is 0 Å². The molecule has 0 saturated carbocycles. The summed E-state index contributed by atoms with van der Waals surface area (Å²) in [7, 11) is 0. The molecule has 1 heterocycles. The van der Waals surface area contributed by atoms with Crippen molar-refractivity contribution in [3.63, 3.8) is 0 Å². The summed E-state index contributed by atoms with van der Waals surface area (Å²) in [5.74, 6) is -0.0450. The maximum absolute atomic E-state index is 11.6. The zero-order valence-corrected chi connectivity index (χ0v) is 13.4. The minimum Gasteiger partial charge on any atom is -0.352 e. The maximum atomic E-state index is 11.6. The molecule has 1 aromatic rings. The van der Waals surface area contributed by atoms with E-state index < -0.39 is 6.04 Å². The fourth-order valence-electron chi connectivity index (χ4n) is 2.42. The number of likely N-dealkylation sites (tertiary alicyclic amines) is 1. The minimum atomic E-state index is -0.421. The zero-order chi connectivity index (χ0) is 14.5. The lowest BCUT2D eigenvalue weighted by Gasteiger charge is -2.32. The van der Waals surface area contributed by atoms with Crippen molar-refractivity contribution in [1.82, 2.24) is 10.2 Å². The van der Waals surface area contributed by atoms with E-state index in [1.165, 1.54) is 5.56 Å². The summed E-state index contributed by atoms with van der Waals surface area (Å²) in [6.45, 7) is 4.72. The smallest absolute Gasteiger partial charge is 0.236 e. The largest absolute Gasteiger partial charge is 0.352 e. The van der Waals surface area contributed by atoms with Crippen LogP contribution < -0.4 is 11.1 Å². The fraction of sp³-hybridized carbons (Fsp3) is 0.533. The molecule has 1 amide bonds. The first-order chi connectivity index (χ1) is 9.54. The average Bonchev–Trinajstić information content (AvgIpc) is 2.43. The lowest BCUT2D eigenvalue weighted by atomic mass is 10.0. The number of piperidine rings is 1. The van der Waals surface area contributed by atoms with Gasteiger partial charge in [0, 0.05) is 30.1 Å². The molecule has 20 heavy (non-hydrogen) atoms. The number of carbonyl (C=O) groups excluding carboxylic acids is 1. The molecule has 1 aromatic carbocycles. The Morgan fingerprint density at radius 1 is 1.40 bits per heavy atom. The van der Waals surface area contributed by atoms with Crippen LogP contribution in [0, 0.1) is 0 Å². The van der Waals surface area contributed by atoms with Crippen molar-refractivity contribution in [2.24, 2.45) is 5.73 Å². The number of benzene rings is 1. The number of hydrogen-bond acceptors (Lipinski definition) is 3. The van der Waals surface area contributed by atoms with E-state index in [0.717, 1.165) is 36.9 Å². The van der Waals surface area contributed by atoms with Gasteiger partial charge in [0.15, 0.2) is 0 Å². The molecular formula is C15H22BrN3O. The van der Waals surface area contributed by atoms with Gasteiger partial charge >= 0.3 is 0 Å². The number of rotatable bonds is 4. The Bertz CT molecular complexity index is 439. The first-order valence-electron chi connectivity index (χ1n) is 7.07. The molecule has 1 aliphatic heterocycles. The fourth-order valence-corrected chi connectivity index (χ4v) is 2.68. The Labute approximate surface area is 128 Å². The first-order valence-corrected chi connectivity index (χ1v) is 7.86. The minimum absolute atomic E-state index is 0.0450. The molecular weight excluding hydrogens is 318 g/mol. The Balaban J connectivity index is 1.77. The molecule has 5 heteroatoms. The van der Waals surface area contributed by atoms with Crippen LogP contribution in [0.4, 0.5) is 0 Å². The highest BCUT2D eigenvalue weighted by Crippen LogP contribution is 2.16. The van der Waals surface area contributed by atoms with Crippen LogP contribution in [0.25, 0.3) is 0 Å². The van der Waals surface area contributed by atoms with Gasteiger partial charge in [0.25, 0.3) is 0 Å². The van der Waals surface area contributed by atoms with Gasteiger partial charge in [0.2, 0.25) is 5.91 Å². The number of nitrogens with two attached hydrogens (primary N) is 1. The normalized spacial score (nSPS) is 18.8. The molecule has 0 aromatic heterocycles. The summed E-state index contributed by atoms with van der Waals surface area (Å²) in [6, 6.07) is 8.29. The Morgan fingerprint density at radius 3 is 2.55 bits per heavy atom. The summed E-state index contributed by atoms with van der Waals surface area (Å²) in [4.78, 5) is 14.0. The van der Waals surface area contributed by atoms with Crippen molar-refractivity contribution in [3.05, 3.63) is 34.3 Å². The molecule has 0 unspecified atom stereocenters. The Hall–Kier alpha value is -0.910. The van der Waals surface area contributed by atoms with Gasteiger partial charge in [0.05, 0.1) is 6.04 Å². The van der Waals surface area contributed by atoms with Gasteiger partial charge in [-0.2, -0.15) is 0 Å². The number of amides is 1. The zero-order valence-electron chi connectivity index (χ0n) is 11.8. The number of nitrogens with zero attached hydrogens (tertiary/aromatic N) is 1. The highest BCUT2D eigenvalue weighted by Gasteiger charge is 2.21. The summed E-state index contributed by atoms with van der Waals surface area (Å²) in [5, 5.41) is 3.01. The van der Waals surface area contributed by atoms with E-state index in [1.54, 1.807) is 6.92 Å². The van der Waals surface area contributed by atoms with Crippen molar-refractivity contribution in [2.45, 2.75) is 38.4 Å². The molecule has 1 atom stereocenters. The molecule has 0 bridgehead atoms. The summed E-state index contributed by atoms with van der Waals surface area (Å²) < 4.78 is 1.11. The van der Waals surface area contributed by atoms with E-state index in [9.17, 15) is 4.79 Å². The van der Waals surface area contributed by atoms with Gasteiger partial charge in [-0.25, -0.2) is 0 Å². The van der Waals surface area contributed by atoms with Crippen LogP contribution in [0.1, 0.15) is 25.3 Å². The average molecular weight is 340 g/mol. The van der Waals surface area contributed by atoms with Crippen molar-refractivity contribution >= 4 is 21.8 Å². The molecule has 1 aliphatic rings. The second-order valence-corrected chi connectivity index (χ2v) is 6.39. The predicted octanol–water partition coefficient (Wildman–Crippen LogP) is 1.88. The van der Waals surface area contributed by atoms with Crippen LogP contribution in [-0.2, 0) is 11.3 Å². The van der Waals surface area contributed by atoms with Crippen LogP contribution in [-0.4, -0.2) is 36.0 Å². The second-order valence-electron chi connectivity index (χ2n) is 5.47. The van der Waals surface area contributed by atoms with Gasteiger partial charge in [-0.3, -0.25) is 9.69 Å². The van der Waals surface area contributed by atoms with Gasteiger partial charge in [-0.05, 0) is 37.5 Å². The SMILES string of the molecule is C[C@@H](N)C(=O)NC1CCN(Cc2ccc(Br)cc2)CC1. The summed E-state index contributed by atoms with van der Waals surface area (Å²) in [6.07, 6.45) is 1.99. The quantitative estimate of drug-likeness (QED) is 0.880. The molecule has 4 nitrogen and oxygen atoms in total. The molecule has 0 radical (unpaired) electrons. The van der Waals surface area contributed by atoms with E-state index in [0.29, 0.717) is 0 Å². The number of nitrogens with one attached hydrogen (secondary N) is 1. The van der Waals surface area contributed by atoms with Crippen LogP contribution in [0.15, 0.2) is 28.7 Å². The molecule has 0 aliphatic carbocycles. The number of halogens is 1. The van der Waals surface area contributed by atoms with E-state index in [2.05, 4.69) is 50.4 Å². The highest BCUT2D eigenvalue weighted by molar-refractivity contribution is 9.10. The van der Waals surface area contributed by atoms with E-state index in [4.69, 9.17) is 5.73 Å². The molecule has 3 N–H and O–H groups in total. The standard InChI is InChI=1S/C15H22BrN3O/c1-11(17)15(20)18-14-6-8-19(9-7-14)10-12-2-4-13(16)5-3-12/h2-5,11,14H,6-10,17H2,1H3,(H,18,20)/t11-/m1/s1. The van der Waals surface area contributed by atoms with Crippen molar-refractivity contribution in [2.75, 3.05) is 13.1 Å². The van der Waals surface area contributed by atoms with Crippen LogP contribution in [0.3, 0.4) is 0 Å². The molecule has 1 saturated heterocycles. The molecule has 1 fully saturated rings. The predicted molar refractivity (Wildman–Crippen MR) is 84.2 cm³/mol.